The van der Waals surface area contributed by atoms with Gasteiger partial charge in [0.15, 0.2) is 0 Å². The Morgan fingerprint density at radius 3 is 2.36 bits per heavy atom. The molecule has 2 atom stereocenters. The molecule has 2 aliphatic heterocycles. The van der Waals surface area contributed by atoms with Crippen molar-refractivity contribution in [3.8, 4) is 0 Å². The lowest BCUT2D eigenvalue weighted by Crippen LogP contribution is -2.52. The van der Waals surface area contributed by atoms with Crippen LogP contribution < -0.4 is 0 Å². The van der Waals surface area contributed by atoms with Crippen LogP contribution in [0.1, 0.15) is 17.3 Å². The third-order valence-electron chi connectivity index (χ3n) is 4.17. The molecule has 25 heavy (non-hydrogen) atoms. The fraction of sp³-hybridized carbons (Fsp3) is 0.471. The summed E-state index contributed by atoms with van der Waals surface area (Å²) in [6, 6.07) is 7.87. The Balaban J connectivity index is 1.74. The third-order valence-corrected chi connectivity index (χ3v) is 6.20. The highest BCUT2D eigenvalue weighted by atomic mass is 32.2. The van der Waals surface area contributed by atoms with E-state index in [0.717, 1.165) is 0 Å². The molecule has 0 spiro atoms. The van der Waals surface area contributed by atoms with Gasteiger partial charge in [-0.05, 0) is 19.1 Å². The standard InChI is InChI=1S/C17H20N2O4S2/c1-2-23-17(22)14-9-25-11-19(14)16(21)13-8-24-10-18(13)15(20)12-6-4-3-5-7-12/h3-7,13-14H,2,8-11H2,1H3/t13-,14-/m0/s1. The number of carbonyl (C=O) groups excluding carboxylic acids is 3. The summed E-state index contributed by atoms with van der Waals surface area (Å²) in [6.07, 6.45) is 0. The average Bonchev–Trinajstić information content (AvgIpc) is 3.31. The van der Waals surface area contributed by atoms with Crippen LogP contribution in [0.3, 0.4) is 0 Å². The van der Waals surface area contributed by atoms with Crippen LogP contribution in [-0.2, 0) is 14.3 Å². The second-order valence-corrected chi connectivity index (χ2v) is 7.73. The molecule has 0 radical (unpaired) electrons. The van der Waals surface area contributed by atoms with Gasteiger partial charge in [-0.3, -0.25) is 9.59 Å². The van der Waals surface area contributed by atoms with Gasteiger partial charge < -0.3 is 14.5 Å². The Hall–Kier alpha value is -1.67. The van der Waals surface area contributed by atoms with Crippen LogP contribution in [0.4, 0.5) is 0 Å². The highest BCUT2D eigenvalue weighted by Gasteiger charge is 2.43. The minimum absolute atomic E-state index is 0.150. The van der Waals surface area contributed by atoms with Gasteiger partial charge in [0.05, 0.1) is 18.4 Å². The fourth-order valence-electron chi connectivity index (χ4n) is 2.88. The highest BCUT2D eigenvalue weighted by molar-refractivity contribution is 7.99. The van der Waals surface area contributed by atoms with Crippen LogP contribution in [0.2, 0.25) is 0 Å². The molecule has 2 saturated heterocycles. The molecular weight excluding hydrogens is 360 g/mol. The van der Waals surface area contributed by atoms with Gasteiger partial charge in [-0.15, -0.1) is 23.5 Å². The molecule has 134 valence electrons. The van der Waals surface area contributed by atoms with Gasteiger partial charge in [-0.2, -0.15) is 0 Å². The molecule has 2 fully saturated rings. The number of benzene rings is 1. The lowest BCUT2D eigenvalue weighted by molar-refractivity contribution is -0.153. The molecule has 0 aromatic heterocycles. The molecule has 3 rings (SSSR count). The van der Waals surface area contributed by atoms with Gasteiger partial charge in [-0.25, -0.2) is 4.79 Å². The predicted molar refractivity (Wildman–Crippen MR) is 98.3 cm³/mol. The summed E-state index contributed by atoms with van der Waals surface area (Å²) in [5.74, 6) is 1.34. The Bertz CT molecular complexity index is 655. The number of ether oxygens (including phenoxy) is 1. The summed E-state index contributed by atoms with van der Waals surface area (Å²) in [4.78, 5) is 41.0. The smallest absolute Gasteiger partial charge is 0.329 e. The zero-order valence-electron chi connectivity index (χ0n) is 13.9. The van der Waals surface area contributed by atoms with Crippen molar-refractivity contribution in [2.45, 2.75) is 19.0 Å². The number of amides is 2. The molecule has 2 heterocycles. The Kier molecular flexibility index (Phi) is 5.90. The maximum absolute atomic E-state index is 13.0. The average molecular weight is 380 g/mol. The van der Waals surface area contributed by atoms with Crippen LogP contribution in [0.25, 0.3) is 0 Å². The molecular formula is C17H20N2O4S2. The third kappa shape index (κ3) is 3.79. The van der Waals surface area contributed by atoms with Gasteiger partial charge in [0, 0.05) is 17.1 Å². The van der Waals surface area contributed by atoms with Crippen LogP contribution >= 0.6 is 23.5 Å². The number of hydrogen-bond acceptors (Lipinski definition) is 6. The summed E-state index contributed by atoms with van der Waals surface area (Å²) >= 11 is 3.09. The fourth-order valence-corrected chi connectivity index (χ4v) is 5.17. The number of thioether (sulfide) groups is 2. The molecule has 0 aliphatic carbocycles. The van der Waals surface area contributed by atoms with Gasteiger partial charge in [0.25, 0.3) is 5.91 Å². The molecule has 1 aromatic rings. The maximum atomic E-state index is 13.0. The van der Waals surface area contributed by atoms with Gasteiger partial charge in [0.2, 0.25) is 5.91 Å². The summed E-state index contributed by atoms with van der Waals surface area (Å²) in [7, 11) is 0. The summed E-state index contributed by atoms with van der Waals surface area (Å²) in [5.41, 5.74) is 0.570. The maximum Gasteiger partial charge on any atom is 0.329 e. The summed E-state index contributed by atoms with van der Waals surface area (Å²) in [6.45, 7) is 2.04. The topological polar surface area (TPSA) is 66.9 Å². The van der Waals surface area contributed by atoms with Crippen LogP contribution in [0.5, 0.6) is 0 Å². The number of nitrogens with zero attached hydrogens (tertiary/aromatic N) is 2. The van der Waals surface area contributed by atoms with E-state index in [9.17, 15) is 14.4 Å². The van der Waals surface area contributed by atoms with E-state index in [1.165, 1.54) is 11.8 Å². The molecule has 0 N–H and O–H groups in total. The summed E-state index contributed by atoms with van der Waals surface area (Å²) in [5, 5.41) is 0. The van der Waals surface area contributed by atoms with E-state index in [2.05, 4.69) is 0 Å². The normalized spacial score (nSPS) is 22.9. The second kappa shape index (κ2) is 8.14. The first-order valence-corrected chi connectivity index (χ1v) is 10.4. The molecule has 8 heteroatoms. The lowest BCUT2D eigenvalue weighted by Gasteiger charge is -2.29. The van der Waals surface area contributed by atoms with Gasteiger partial charge >= 0.3 is 5.97 Å². The van der Waals surface area contributed by atoms with Crippen LogP contribution in [-0.4, -0.2) is 69.5 Å². The van der Waals surface area contributed by atoms with E-state index in [1.807, 2.05) is 6.07 Å². The van der Waals surface area contributed by atoms with E-state index in [-0.39, 0.29) is 17.8 Å². The molecule has 0 bridgehead atoms. The SMILES string of the molecule is CCOC(=O)[C@@H]1CSCN1C(=O)[C@@H]1CSCN1C(=O)c1ccccc1. The van der Waals surface area contributed by atoms with Crippen molar-refractivity contribution in [3.63, 3.8) is 0 Å². The van der Waals surface area contributed by atoms with Crippen molar-refractivity contribution < 1.29 is 19.1 Å². The largest absolute Gasteiger partial charge is 0.464 e. The number of rotatable bonds is 4. The monoisotopic (exact) mass is 380 g/mol. The first kappa shape index (κ1) is 18.1. The zero-order valence-corrected chi connectivity index (χ0v) is 15.6. The number of esters is 1. The van der Waals surface area contributed by atoms with Crippen molar-refractivity contribution in [2.75, 3.05) is 29.9 Å². The van der Waals surface area contributed by atoms with Crippen molar-refractivity contribution in [3.05, 3.63) is 35.9 Å². The predicted octanol–water partition coefficient (Wildman–Crippen LogP) is 1.67. The first-order chi connectivity index (χ1) is 12.1. The summed E-state index contributed by atoms with van der Waals surface area (Å²) < 4.78 is 5.08. The zero-order chi connectivity index (χ0) is 17.8. The van der Waals surface area contributed by atoms with Crippen LogP contribution in [0, 0.1) is 0 Å². The Morgan fingerprint density at radius 2 is 1.68 bits per heavy atom. The van der Waals surface area contributed by atoms with E-state index in [4.69, 9.17) is 4.74 Å². The Labute approximate surface area is 155 Å². The molecule has 2 aliphatic rings. The van der Waals surface area contributed by atoms with Gasteiger partial charge in [0.1, 0.15) is 12.1 Å². The van der Waals surface area contributed by atoms with Crippen molar-refractivity contribution >= 4 is 41.3 Å². The minimum Gasteiger partial charge on any atom is -0.464 e. The second-order valence-electron chi connectivity index (χ2n) is 5.73. The van der Waals surface area contributed by atoms with Crippen molar-refractivity contribution in [1.29, 1.82) is 0 Å². The van der Waals surface area contributed by atoms with Crippen molar-refractivity contribution in [2.24, 2.45) is 0 Å². The van der Waals surface area contributed by atoms with Crippen LogP contribution in [0.15, 0.2) is 30.3 Å². The van der Waals surface area contributed by atoms with Crippen molar-refractivity contribution in [1.82, 2.24) is 9.80 Å². The molecule has 1 aromatic carbocycles. The van der Waals surface area contributed by atoms with E-state index >= 15 is 0 Å². The van der Waals surface area contributed by atoms with Gasteiger partial charge in [-0.1, -0.05) is 18.2 Å². The quantitative estimate of drug-likeness (QED) is 0.741. The molecule has 0 unspecified atom stereocenters. The highest BCUT2D eigenvalue weighted by Crippen LogP contribution is 2.29. The van der Waals surface area contributed by atoms with E-state index in [0.29, 0.717) is 35.4 Å². The number of hydrogen-bond donors (Lipinski definition) is 0. The molecule has 2 amide bonds. The molecule has 0 saturated carbocycles. The minimum atomic E-state index is -0.559. The van der Waals surface area contributed by atoms with E-state index in [1.54, 1.807) is 52.8 Å². The molecule has 6 nitrogen and oxygen atoms in total. The first-order valence-electron chi connectivity index (χ1n) is 8.12. The van der Waals surface area contributed by atoms with E-state index < -0.39 is 12.1 Å². The number of carbonyl (C=O) groups is 3. The lowest BCUT2D eigenvalue weighted by atomic mass is 10.1. The Morgan fingerprint density at radius 1 is 1.04 bits per heavy atom.